The number of carbonyl (C=O) groups is 2. The SMILES string of the molecule is O=C([C@H]1CC(=O)N(c2ccc(Cl)cc2)C1)N1CCC[C@@H](c2nnc(-c3ccccc3F)s2)C1. The lowest BCUT2D eigenvalue weighted by Crippen LogP contribution is -2.43. The Bertz CT molecular complexity index is 1190. The first-order chi connectivity index (χ1) is 16.0. The van der Waals surface area contributed by atoms with Crippen molar-refractivity contribution in [1.29, 1.82) is 0 Å². The molecule has 2 atom stereocenters. The molecule has 6 nitrogen and oxygen atoms in total. The minimum Gasteiger partial charge on any atom is -0.342 e. The van der Waals surface area contributed by atoms with Crippen molar-refractivity contribution >= 4 is 40.4 Å². The summed E-state index contributed by atoms with van der Waals surface area (Å²) in [7, 11) is 0. The molecule has 0 saturated carbocycles. The fourth-order valence-corrected chi connectivity index (χ4v) is 5.65. The molecular weight excluding hydrogens is 463 g/mol. The first-order valence-corrected chi connectivity index (χ1v) is 12.1. The average Bonchev–Trinajstić information content (AvgIpc) is 3.47. The van der Waals surface area contributed by atoms with Gasteiger partial charge in [-0.3, -0.25) is 9.59 Å². The van der Waals surface area contributed by atoms with Crippen LogP contribution in [0.25, 0.3) is 10.6 Å². The summed E-state index contributed by atoms with van der Waals surface area (Å²) in [6, 6.07) is 13.6. The van der Waals surface area contributed by atoms with Crippen LogP contribution < -0.4 is 4.90 Å². The third-order valence-corrected chi connectivity index (χ3v) is 7.61. The van der Waals surface area contributed by atoms with Gasteiger partial charge in [0.25, 0.3) is 0 Å². The van der Waals surface area contributed by atoms with Crippen LogP contribution in [0.15, 0.2) is 48.5 Å². The molecule has 9 heteroatoms. The van der Waals surface area contributed by atoms with Crippen molar-refractivity contribution in [2.45, 2.75) is 25.2 Å². The molecule has 170 valence electrons. The van der Waals surface area contributed by atoms with Gasteiger partial charge in [-0.25, -0.2) is 4.39 Å². The lowest BCUT2D eigenvalue weighted by atomic mass is 9.97. The molecule has 33 heavy (non-hydrogen) atoms. The van der Waals surface area contributed by atoms with E-state index in [0.717, 1.165) is 23.5 Å². The van der Waals surface area contributed by atoms with E-state index in [0.29, 0.717) is 35.2 Å². The summed E-state index contributed by atoms with van der Waals surface area (Å²) in [6.07, 6.45) is 1.96. The van der Waals surface area contributed by atoms with E-state index in [1.54, 1.807) is 47.4 Å². The van der Waals surface area contributed by atoms with E-state index in [4.69, 9.17) is 11.6 Å². The van der Waals surface area contributed by atoms with Gasteiger partial charge in [-0.1, -0.05) is 35.1 Å². The molecule has 3 heterocycles. The fourth-order valence-electron chi connectivity index (χ4n) is 4.52. The number of halogens is 2. The Morgan fingerprint density at radius 2 is 1.88 bits per heavy atom. The highest BCUT2D eigenvalue weighted by Crippen LogP contribution is 2.35. The maximum Gasteiger partial charge on any atom is 0.228 e. The van der Waals surface area contributed by atoms with Crippen molar-refractivity contribution in [3.63, 3.8) is 0 Å². The summed E-state index contributed by atoms with van der Waals surface area (Å²) >= 11 is 7.33. The van der Waals surface area contributed by atoms with Gasteiger partial charge in [-0.15, -0.1) is 10.2 Å². The summed E-state index contributed by atoms with van der Waals surface area (Å²) in [6.45, 7) is 1.58. The molecular formula is C24H22ClFN4O2S. The number of benzene rings is 2. The van der Waals surface area contributed by atoms with Gasteiger partial charge in [0.2, 0.25) is 11.8 Å². The maximum atomic E-state index is 14.1. The minimum absolute atomic E-state index is 0.00311. The molecule has 0 bridgehead atoms. The number of piperidine rings is 1. The zero-order chi connectivity index (χ0) is 22.9. The monoisotopic (exact) mass is 484 g/mol. The molecule has 2 aliphatic heterocycles. The van der Waals surface area contributed by atoms with E-state index in [9.17, 15) is 14.0 Å². The number of rotatable bonds is 4. The van der Waals surface area contributed by atoms with Crippen molar-refractivity contribution in [3.8, 4) is 10.6 Å². The van der Waals surface area contributed by atoms with Crippen LogP contribution in [-0.2, 0) is 9.59 Å². The molecule has 1 aromatic heterocycles. The standard InChI is InChI=1S/C24H22ClFN4O2S/c25-17-7-9-18(10-8-17)30-14-16(12-21(30)31)24(32)29-11-3-4-15(13-29)22-27-28-23(33-22)19-5-1-2-6-20(19)26/h1-2,5-10,15-16H,3-4,11-14H2/t15-,16+/m1/s1. The van der Waals surface area contributed by atoms with Crippen molar-refractivity contribution in [1.82, 2.24) is 15.1 Å². The number of carbonyl (C=O) groups excluding carboxylic acids is 2. The number of amides is 2. The fraction of sp³-hybridized carbons (Fsp3) is 0.333. The van der Waals surface area contributed by atoms with Crippen LogP contribution in [0.4, 0.5) is 10.1 Å². The van der Waals surface area contributed by atoms with E-state index in [1.165, 1.54) is 17.4 Å². The summed E-state index contributed by atoms with van der Waals surface area (Å²) in [5.41, 5.74) is 1.20. The van der Waals surface area contributed by atoms with Crippen molar-refractivity contribution in [3.05, 3.63) is 64.4 Å². The van der Waals surface area contributed by atoms with Gasteiger partial charge < -0.3 is 9.80 Å². The normalized spacial score (nSPS) is 21.0. The van der Waals surface area contributed by atoms with Crippen molar-refractivity contribution in [2.24, 2.45) is 5.92 Å². The van der Waals surface area contributed by atoms with Crippen LogP contribution in [0.1, 0.15) is 30.2 Å². The van der Waals surface area contributed by atoms with Gasteiger partial charge in [0.15, 0.2) is 5.01 Å². The van der Waals surface area contributed by atoms with Crippen molar-refractivity contribution < 1.29 is 14.0 Å². The first kappa shape index (κ1) is 22.0. The van der Waals surface area contributed by atoms with Crippen LogP contribution in [0.5, 0.6) is 0 Å². The Kier molecular flexibility index (Phi) is 6.12. The van der Waals surface area contributed by atoms with Gasteiger partial charge in [0, 0.05) is 48.2 Å². The van der Waals surface area contributed by atoms with Crippen LogP contribution in [-0.4, -0.2) is 46.5 Å². The van der Waals surface area contributed by atoms with E-state index in [2.05, 4.69) is 10.2 Å². The second kappa shape index (κ2) is 9.19. The van der Waals surface area contributed by atoms with Gasteiger partial charge in [0.1, 0.15) is 10.8 Å². The highest BCUT2D eigenvalue weighted by Gasteiger charge is 2.39. The molecule has 0 N–H and O–H groups in total. The molecule has 5 rings (SSSR count). The predicted octanol–water partition coefficient (Wildman–Crippen LogP) is 4.76. The number of likely N-dealkylation sites (tertiary alicyclic amines) is 1. The maximum absolute atomic E-state index is 14.1. The third-order valence-electron chi connectivity index (χ3n) is 6.24. The molecule has 3 aromatic rings. The molecule has 2 amide bonds. The Morgan fingerprint density at radius 3 is 2.67 bits per heavy atom. The molecule has 2 saturated heterocycles. The van der Waals surface area contributed by atoms with Gasteiger partial charge in [0.05, 0.1) is 5.92 Å². The topological polar surface area (TPSA) is 66.4 Å². The Hall–Kier alpha value is -2.84. The van der Waals surface area contributed by atoms with Crippen LogP contribution >= 0.6 is 22.9 Å². The lowest BCUT2D eigenvalue weighted by Gasteiger charge is -2.33. The summed E-state index contributed by atoms with van der Waals surface area (Å²) in [4.78, 5) is 29.4. The number of anilines is 1. The van der Waals surface area contributed by atoms with E-state index >= 15 is 0 Å². The number of aromatic nitrogens is 2. The van der Waals surface area contributed by atoms with Gasteiger partial charge in [-0.05, 0) is 49.2 Å². The molecule has 0 radical (unpaired) electrons. The predicted molar refractivity (Wildman–Crippen MR) is 126 cm³/mol. The molecule has 0 spiro atoms. The lowest BCUT2D eigenvalue weighted by molar-refractivity contribution is -0.137. The average molecular weight is 485 g/mol. The van der Waals surface area contributed by atoms with Gasteiger partial charge in [-0.2, -0.15) is 0 Å². The molecule has 2 fully saturated rings. The van der Waals surface area contributed by atoms with Gasteiger partial charge >= 0.3 is 0 Å². The highest BCUT2D eigenvalue weighted by atomic mass is 35.5. The summed E-state index contributed by atoms with van der Waals surface area (Å²) in [5, 5.41) is 10.5. The van der Waals surface area contributed by atoms with E-state index in [-0.39, 0.29) is 35.9 Å². The Morgan fingerprint density at radius 1 is 1.09 bits per heavy atom. The quantitative estimate of drug-likeness (QED) is 0.535. The number of hydrogen-bond acceptors (Lipinski definition) is 5. The highest BCUT2D eigenvalue weighted by molar-refractivity contribution is 7.14. The van der Waals surface area contributed by atoms with Crippen molar-refractivity contribution in [2.75, 3.05) is 24.5 Å². The second-order valence-corrected chi connectivity index (χ2v) is 9.88. The molecule has 2 aromatic carbocycles. The van der Waals surface area contributed by atoms with E-state index < -0.39 is 0 Å². The Labute approximate surface area is 200 Å². The van der Waals surface area contributed by atoms with Crippen LogP contribution in [0.3, 0.4) is 0 Å². The summed E-state index contributed by atoms with van der Waals surface area (Å²) < 4.78 is 14.1. The molecule has 0 aliphatic carbocycles. The first-order valence-electron chi connectivity index (χ1n) is 10.9. The summed E-state index contributed by atoms with van der Waals surface area (Å²) in [5.74, 6) is -0.677. The zero-order valence-corrected chi connectivity index (χ0v) is 19.4. The smallest absolute Gasteiger partial charge is 0.228 e. The number of hydrogen-bond donors (Lipinski definition) is 0. The second-order valence-electron chi connectivity index (χ2n) is 8.43. The number of nitrogens with zero attached hydrogens (tertiary/aromatic N) is 4. The zero-order valence-electron chi connectivity index (χ0n) is 17.8. The molecule has 0 unspecified atom stereocenters. The van der Waals surface area contributed by atoms with E-state index in [1.807, 2.05) is 4.90 Å². The molecule has 2 aliphatic rings. The largest absolute Gasteiger partial charge is 0.342 e. The Balaban J connectivity index is 1.26. The third kappa shape index (κ3) is 4.50. The van der Waals surface area contributed by atoms with Crippen LogP contribution in [0.2, 0.25) is 5.02 Å². The minimum atomic E-state index is -0.365. The van der Waals surface area contributed by atoms with Crippen LogP contribution in [0, 0.1) is 11.7 Å².